The normalized spacial score (nSPS) is 20.0. The van der Waals surface area contributed by atoms with Gasteiger partial charge in [-0.1, -0.05) is 24.3 Å². The topological polar surface area (TPSA) is 71.8 Å². The second-order valence-corrected chi connectivity index (χ2v) is 9.95. The average Bonchev–Trinajstić information content (AvgIpc) is 3.38. The van der Waals surface area contributed by atoms with Crippen LogP contribution in [0.3, 0.4) is 0 Å². The number of aryl methyl sites for hydroxylation is 1. The summed E-state index contributed by atoms with van der Waals surface area (Å²) in [7, 11) is 0. The van der Waals surface area contributed by atoms with Crippen molar-refractivity contribution in [3.8, 4) is 0 Å². The molecular formula is C22H25N5OS. The summed E-state index contributed by atoms with van der Waals surface area (Å²) in [5.41, 5.74) is 3.06. The van der Waals surface area contributed by atoms with Crippen LogP contribution in [0.25, 0.3) is 0 Å². The number of carbonyl (C=O) groups is 1. The predicted octanol–water partition coefficient (Wildman–Crippen LogP) is 3.84. The maximum atomic E-state index is 13.1. The number of fused-ring (bicyclic) bond motifs is 2. The van der Waals surface area contributed by atoms with Crippen LogP contribution in [0.2, 0.25) is 0 Å². The summed E-state index contributed by atoms with van der Waals surface area (Å²) in [6, 6.07) is 8.62. The molecule has 0 saturated heterocycles. The van der Waals surface area contributed by atoms with Gasteiger partial charge in [0.05, 0.1) is 17.8 Å². The molecule has 0 bridgehead atoms. The number of carbonyl (C=O) groups excluding carboxylic acids is 1. The first kappa shape index (κ1) is 18.4. The van der Waals surface area contributed by atoms with Crippen molar-refractivity contribution in [2.24, 2.45) is 0 Å². The quantitative estimate of drug-likeness (QED) is 0.692. The third kappa shape index (κ3) is 3.23. The number of nitrogens with one attached hydrogen (secondary N) is 2. The highest BCUT2D eigenvalue weighted by molar-refractivity contribution is 7.11. The summed E-state index contributed by atoms with van der Waals surface area (Å²) in [6.45, 7) is 6.39. The minimum absolute atomic E-state index is 0.0664. The molecule has 6 nitrogen and oxygen atoms in total. The molecule has 29 heavy (non-hydrogen) atoms. The number of aromatic nitrogens is 3. The van der Waals surface area contributed by atoms with E-state index in [1.807, 2.05) is 10.9 Å². The first-order valence-electron chi connectivity index (χ1n) is 10.1. The van der Waals surface area contributed by atoms with Crippen LogP contribution in [0.15, 0.2) is 36.7 Å². The van der Waals surface area contributed by atoms with E-state index in [0.717, 1.165) is 30.1 Å². The van der Waals surface area contributed by atoms with Gasteiger partial charge in [-0.2, -0.15) is 5.10 Å². The van der Waals surface area contributed by atoms with Crippen LogP contribution in [-0.4, -0.2) is 26.7 Å². The Bertz CT molecular complexity index is 1060. The zero-order chi connectivity index (χ0) is 20.2. The summed E-state index contributed by atoms with van der Waals surface area (Å²) in [4.78, 5) is 18.9. The Labute approximate surface area is 174 Å². The van der Waals surface area contributed by atoms with E-state index < -0.39 is 0 Å². The second kappa shape index (κ2) is 6.69. The highest BCUT2D eigenvalue weighted by Crippen LogP contribution is 2.40. The van der Waals surface area contributed by atoms with Gasteiger partial charge in [0.1, 0.15) is 16.4 Å². The van der Waals surface area contributed by atoms with Crippen LogP contribution in [0.5, 0.6) is 0 Å². The first-order valence-corrected chi connectivity index (χ1v) is 10.9. The molecule has 1 aliphatic heterocycles. The molecule has 0 fully saturated rings. The molecule has 2 aliphatic rings. The van der Waals surface area contributed by atoms with Gasteiger partial charge in [-0.05, 0) is 51.2 Å². The molecule has 0 saturated carbocycles. The van der Waals surface area contributed by atoms with Gasteiger partial charge in [0, 0.05) is 17.1 Å². The van der Waals surface area contributed by atoms with Crippen molar-refractivity contribution in [2.75, 3.05) is 5.32 Å². The fourth-order valence-electron chi connectivity index (χ4n) is 4.52. The largest absolute Gasteiger partial charge is 0.360 e. The van der Waals surface area contributed by atoms with Crippen LogP contribution in [-0.2, 0) is 18.4 Å². The molecule has 150 valence electrons. The van der Waals surface area contributed by atoms with Crippen molar-refractivity contribution >= 4 is 23.1 Å². The zero-order valence-corrected chi connectivity index (χ0v) is 17.7. The van der Waals surface area contributed by atoms with Crippen LogP contribution >= 0.6 is 11.3 Å². The smallest absolute Gasteiger partial charge is 0.256 e. The summed E-state index contributed by atoms with van der Waals surface area (Å²) in [5.74, 6) is 0.718. The molecule has 3 heterocycles. The predicted molar refractivity (Wildman–Crippen MR) is 114 cm³/mol. The van der Waals surface area contributed by atoms with Gasteiger partial charge in [-0.15, -0.1) is 11.3 Å². The summed E-state index contributed by atoms with van der Waals surface area (Å²) in [5, 5.41) is 12.4. The van der Waals surface area contributed by atoms with Crippen molar-refractivity contribution in [2.45, 2.75) is 57.7 Å². The van der Waals surface area contributed by atoms with Crippen LogP contribution in [0.1, 0.15) is 57.7 Å². The Morgan fingerprint density at radius 2 is 1.97 bits per heavy atom. The Hall–Kier alpha value is -2.67. The van der Waals surface area contributed by atoms with Gasteiger partial charge in [0.15, 0.2) is 0 Å². The Balaban J connectivity index is 1.39. The third-order valence-electron chi connectivity index (χ3n) is 5.93. The fourth-order valence-corrected chi connectivity index (χ4v) is 5.35. The van der Waals surface area contributed by atoms with Gasteiger partial charge >= 0.3 is 0 Å². The SMILES string of the molecule is Cc1cnc(C2CC(C)(C)n3ncc(C(=O)NC4Cc5ccccc5C4)c3N2)s1. The second-order valence-electron chi connectivity index (χ2n) is 8.69. The number of nitrogens with zero attached hydrogens (tertiary/aromatic N) is 3. The molecule has 7 heteroatoms. The van der Waals surface area contributed by atoms with Crippen LogP contribution in [0, 0.1) is 6.92 Å². The van der Waals surface area contributed by atoms with Crippen LogP contribution in [0.4, 0.5) is 5.82 Å². The van der Waals surface area contributed by atoms with Crippen LogP contribution < -0.4 is 10.6 Å². The molecule has 0 radical (unpaired) electrons. The maximum Gasteiger partial charge on any atom is 0.256 e. The number of amides is 1. The van der Waals surface area contributed by atoms with Gasteiger partial charge in [0.25, 0.3) is 5.91 Å². The van der Waals surface area contributed by atoms with E-state index in [1.54, 1.807) is 17.5 Å². The van der Waals surface area contributed by atoms with E-state index in [1.165, 1.54) is 16.0 Å². The Morgan fingerprint density at radius 3 is 2.62 bits per heavy atom. The number of benzene rings is 1. The van der Waals surface area contributed by atoms with Crippen molar-refractivity contribution in [1.29, 1.82) is 0 Å². The van der Waals surface area contributed by atoms with E-state index in [0.29, 0.717) is 5.56 Å². The minimum atomic E-state index is -0.201. The lowest BCUT2D eigenvalue weighted by molar-refractivity contribution is 0.0939. The van der Waals surface area contributed by atoms with E-state index in [2.05, 4.69) is 65.8 Å². The molecule has 1 atom stereocenters. The summed E-state index contributed by atoms with van der Waals surface area (Å²) >= 11 is 1.70. The van der Waals surface area contributed by atoms with E-state index >= 15 is 0 Å². The van der Waals surface area contributed by atoms with E-state index in [4.69, 9.17) is 0 Å². The van der Waals surface area contributed by atoms with E-state index in [-0.39, 0.29) is 23.5 Å². The highest BCUT2D eigenvalue weighted by atomic mass is 32.1. The molecule has 1 unspecified atom stereocenters. The molecule has 0 spiro atoms. The number of anilines is 1. The Kier molecular flexibility index (Phi) is 4.24. The molecule has 1 aromatic carbocycles. The lowest BCUT2D eigenvalue weighted by Gasteiger charge is -2.37. The van der Waals surface area contributed by atoms with Gasteiger partial charge in [0.2, 0.25) is 0 Å². The number of rotatable bonds is 3. The number of thiazole rings is 1. The molecular weight excluding hydrogens is 382 g/mol. The monoisotopic (exact) mass is 407 g/mol. The van der Waals surface area contributed by atoms with E-state index in [9.17, 15) is 4.79 Å². The standard InChI is InChI=1S/C22H25N5OS/c1-13-11-23-21(29-13)18-10-22(2,3)27-19(26-18)17(12-24-27)20(28)25-16-8-14-6-4-5-7-15(14)9-16/h4-7,11-12,16,18,26H,8-10H2,1-3H3,(H,25,28). The number of hydrogen-bond acceptors (Lipinski definition) is 5. The third-order valence-corrected chi connectivity index (χ3v) is 6.95. The fraction of sp³-hybridized carbons (Fsp3) is 0.409. The molecule has 3 aromatic rings. The lowest BCUT2D eigenvalue weighted by atomic mass is 9.93. The summed E-state index contributed by atoms with van der Waals surface area (Å²) in [6.07, 6.45) is 6.23. The molecule has 1 aliphatic carbocycles. The van der Waals surface area contributed by atoms with Gasteiger partial charge in [-0.25, -0.2) is 9.67 Å². The zero-order valence-electron chi connectivity index (χ0n) is 16.9. The van der Waals surface area contributed by atoms with Gasteiger partial charge in [-0.3, -0.25) is 4.79 Å². The van der Waals surface area contributed by atoms with Crippen molar-refractivity contribution < 1.29 is 4.79 Å². The number of hydrogen-bond donors (Lipinski definition) is 2. The molecule has 2 aromatic heterocycles. The Morgan fingerprint density at radius 1 is 1.24 bits per heavy atom. The first-order chi connectivity index (χ1) is 13.9. The van der Waals surface area contributed by atoms with Crippen molar-refractivity contribution in [1.82, 2.24) is 20.1 Å². The average molecular weight is 408 g/mol. The van der Waals surface area contributed by atoms with Gasteiger partial charge < -0.3 is 10.6 Å². The van der Waals surface area contributed by atoms with Crippen molar-refractivity contribution in [3.05, 3.63) is 63.2 Å². The molecule has 2 N–H and O–H groups in total. The highest BCUT2D eigenvalue weighted by Gasteiger charge is 2.38. The molecule has 1 amide bonds. The summed E-state index contributed by atoms with van der Waals surface area (Å²) < 4.78 is 1.95. The minimum Gasteiger partial charge on any atom is -0.360 e. The lowest BCUT2D eigenvalue weighted by Crippen LogP contribution is -2.39. The molecule has 5 rings (SSSR count). The van der Waals surface area contributed by atoms with Crippen molar-refractivity contribution in [3.63, 3.8) is 0 Å². The maximum absolute atomic E-state index is 13.1.